The first-order valence-corrected chi connectivity index (χ1v) is 13.0. The van der Waals surface area contributed by atoms with E-state index in [9.17, 15) is 4.79 Å². The summed E-state index contributed by atoms with van der Waals surface area (Å²) in [4.78, 5) is 22.7. The van der Waals surface area contributed by atoms with E-state index in [1.807, 2.05) is 47.2 Å². The molecule has 1 aliphatic rings. The van der Waals surface area contributed by atoms with Crippen LogP contribution in [-0.4, -0.2) is 24.7 Å². The number of nitrogens with zero attached hydrogens (tertiary/aromatic N) is 4. The van der Waals surface area contributed by atoms with Crippen molar-refractivity contribution < 1.29 is 4.42 Å². The maximum Gasteiger partial charge on any atom is 0.294 e. The van der Waals surface area contributed by atoms with E-state index in [0.717, 1.165) is 22.3 Å². The van der Waals surface area contributed by atoms with Gasteiger partial charge in [0, 0.05) is 17.3 Å². The third-order valence-corrected chi connectivity index (χ3v) is 8.70. The summed E-state index contributed by atoms with van der Waals surface area (Å²) < 4.78 is 7.71. The standard InChI is InChI=1S/C24H23N5O2S2/c1-3-13-8-9-17-14(10-13)11-18(33-17)22-27-28-24(29(22)2)32-12-19-25-20-15-6-4-5-7-16(15)31-21(20)23(30)26-19/h4-7,11,13H,3,8-10,12H2,1-2H3,(H,25,26,30). The third kappa shape index (κ3) is 3.59. The number of benzene rings is 1. The van der Waals surface area contributed by atoms with Crippen LogP contribution >= 0.6 is 23.1 Å². The Kier molecular flexibility index (Phi) is 5.10. The number of hydrogen-bond donors (Lipinski definition) is 1. The van der Waals surface area contributed by atoms with Gasteiger partial charge in [-0.05, 0) is 48.9 Å². The van der Waals surface area contributed by atoms with Gasteiger partial charge >= 0.3 is 0 Å². The molecule has 7 nitrogen and oxygen atoms in total. The summed E-state index contributed by atoms with van der Waals surface area (Å²) in [6.45, 7) is 2.28. The fraction of sp³-hybridized carbons (Fsp3) is 0.333. The molecule has 4 heterocycles. The number of fused-ring (bicyclic) bond motifs is 4. The Hall–Kier alpha value is -2.91. The molecule has 0 saturated carbocycles. The lowest BCUT2D eigenvalue weighted by Gasteiger charge is -2.19. The van der Waals surface area contributed by atoms with Crippen molar-refractivity contribution in [3.05, 3.63) is 57.0 Å². The molecular weight excluding hydrogens is 454 g/mol. The number of furan rings is 1. The lowest BCUT2D eigenvalue weighted by Crippen LogP contribution is -2.10. The molecule has 1 aromatic carbocycles. The molecule has 0 amide bonds. The highest BCUT2D eigenvalue weighted by Gasteiger charge is 2.22. The highest BCUT2D eigenvalue weighted by atomic mass is 32.2. The van der Waals surface area contributed by atoms with Gasteiger partial charge in [-0.15, -0.1) is 21.5 Å². The second kappa shape index (κ2) is 8.14. The maximum atomic E-state index is 12.5. The van der Waals surface area contributed by atoms with E-state index in [0.29, 0.717) is 22.7 Å². The number of aromatic amines is 1. The van der Waals surface area contributed by atoms with E-state index in [1.54, 1.807) is 0 Å². The van der Waals surface area contributed by atoms with E-state index >= 15 is 0 Å². The summed E-state index contributed by atoms with van der Waals surface area (Å²) >= 11 is 3.36. The largest absolute Gasteiger partial charge is 0.449 e. The molecule has 1 unspecified atom stereocenters. The first-order chi connectivity index (χ1) is 16.1. The van der Waals surface area contributed by atoms with E-state index in [-0.39, 0.29) is 11.1 Å². The second-order valence-electron chi connectivity index (χ2n) is 8.52. The van der Waals surface area contributed by atoms with E-state index < -0.39 is 0 Å². The smallest absolute Gasteiger partial charge is 0.294 e. The van der Waals surface area contributed by atoms with Gasteiger partial charge in [0.2, 0.25) is 5.58 Å². The van der Waals surface area contributed by atoms with Crippen molar-refractivity contribution in [1.82, 2.24) is 24.7 Å². The fourth-order valence-corrected chi connectivity index (χ4v) is 6.57. The van der Waals surface area contributed by atoms with Crippen LogP contribution in [0.15, 0.2) is 44.7 Å². The van der Waals surface area contributed by atoms with Gasteiger partial charge in [0.05, 0.1) is 10.6 Å². The molecule has 0 aliphatic heterocycles. The molecule has 0 saturated heterocycles. The van der Waals surface area contributed by atoms with Crippen LogP contribution in [0.1, 0.15) is 36.0 Å². The fourth-order valence-electron chi connectivity index (χ4n) is 4.56. The number of H-pyrrole nitrogens is 1. The Morgan fingerprint density at radius 1 is 1.30 bits per heavy atom. The van der Waals surface area contributed by atoms with Crippen LogP contribution in [-0.2, 0) is 25.6 Å². The number of thiophene rings is 1. The molecule has 5 aromatic rings. The van der Waals surface area contributed by atoms with Gasteiger partial charge in [-0.1, -0.05) is 37.2 Å². The third-order valence-electron chi connectivity index (χ3n) is 6.44. The number of nitrogens with one attached hydrogen (secondary N) is 1. The van der Waals surface area contributed by atoms with Gasteiger partial charge in [-0.3, -0.25) is 4.79 Å². The van der Waals surface area contributed by atoms with Crippen LogP contribution in [0.5, 0.6) is 0 Å². The molecule has 168 valence electrons. The molecule has 9 heteroatoms. The molecular formula is C24H23N5O2S2. The summed E-state index contributed by atoms with van der Waals surface area (Å²) in [5.74, 6) is 2.76. The van der Waals surface area contributed by atoms with Crippen LogP contribution in [0.25, 0.3) is 32.8 Å². The molecule has 0 bridgehead atoms. The normalized spacial score (nSPS) is 16.0. The quantitative estimate of drug-likeness (QED) is 0.344. The zero-order chi connectivity index (χ0) is 22.5. The topological polar surface area (TPSA) is 89.6 Å². The summed E-state index contributed by atoms with van der Waals surface area (Å²) in [6, 6.07) is 9.87. The molecule has 0 spiro atoms. The van der Waals surface area contributed by atoms with Crippen molar-refractivity contribution >= 4 is 45.2 Å². The Morgan fingerprint density at radius 3 is 3.06 bits per heavy atom. The predicted octanol–water partition coefficient (Wildman–Crippen LogP) is 5.33. The minimum absolute atomic E-state index is 0.262. The Labute approximate surface area is 198 Å². The van der Waals surface area contributed by atoms with Crippen molar-refractivity contribution in [1.29, 1.82) is 0 Å². The van der Waals surface area contributed by atoms with Crippen LogP contribution in [0.2, 0.25) is 0 Å². The van der Waals surface area contributed by atoms with Gasteiger partial charge in [-0.25, -0.2) is 4.98 Å². The van der Waals surface area contributed by atoms with Crippen LogP contribution < -0.4 is 5.56 Å². The number of hydrogen-bond acceptors (Lipinski definition) is 7. The highest BCUT2D eigenvalue weighted by Crippen LogP contribution is 2.38. The molecule has 33 heavy (non-hydrogen) atoms. The van der Waals surface area contributed by atoms with Gasteiger partial charge in [-0.2, -0.15) is 0 Å². The van der Waals surface area contributed by atoms with Crippen molar-refractivity contribution in [2.24, 2.45) is 13.0 Å². The molecule has 6 rings (SSSR count). The molecule has 0 fully saturated rings. The lowest BCUT2D eigenvalue weighted by molar-refractivity contribution is 0.449. The van der Waals surface area contributed by atoms with Crippen molar-refractivity contribution in [3.63, 3.8) is 0 Å². The highest BCUT2D eigenvalue weighted by molar-refractivity contribution is 7.98. The molecule has 1 N–H and O–H groups in total. The zero-order valence-electron chi connectivity index (χ0n) is 18.4. The molecule has 0 radical (unpaired) electrons. The average molecular weight is 478 g/mol. The van der Waals surface area contributed by atoms with Gasteiger partial charge in [0.25, 0.3) is 5.56 Å². The molecule has 1 atom stereocenters. The zero-order valence-corrected chi connectivity index (χ0v) is 20.1. The minimum Gasteiger partial charge on any atom is -0.449 e. The van der Waals surface area contributed by atoms with E-state index in [4.69, 9.17) is 4.42 Å². The van der Waals surface area contributed by atoms with E-state index in [1.165, 1.54) is 52.8 Å². The Balaban J connectivity index is 1.26. The predicted molar refractivity (Wildman–Crippen MR) is 132 cm³/mol. The summed E-state index contributed by atoms with van der Waals surface area (Å²) in [7, 11) is 1.99. The van der Waals surface area contributed by atoms with Gasteiger partial charge in [0.15, 0.2) is 11.0 Å². The summed E-state index contributed by atoms with van der Waals surface area (Å²) in [5.41, 5.74) is 2.74. The first kappa shape index (κ1) is 20.7. The van der Waals surface area contributed by atoms with Crippen LogP contribution in [0.4, 0.5) is 0 Å². The average Bonchev–Trinajstić information content (AvgIpc) is 3.52. The van der Waals surface area contributed by atoms with Gasteiger partial charge < -0.3 is 14.0 Å². The number of aryl methyl sites for hydroxylation is 1. The monoisotopic (exact) mass is 477 g/mol. The minimum atomic E-state index is -0.264. The number of thioether (sulfide) groups is 1. The van der Waals surface area contributed by atoms with Gasteiger partial charge in [0.1, 0.15) is 16.9 Å². The second-order valence-corrected chi connectivity index (χ2v) is 10.6. The van der Waals surface area contributed by atoms with Crippen LogP contribution in [0.3, 0.4) is 0 Å². The number of rotatable bonds is 5. The SMILES string of the molecule is CCC1CCc2sc(-c3nnc(SCc4nc5c(oc6ccccc65)c(=O)[nH]4)n3C)cc2C1. The Morgan fingerprint density at radius 2 is 2.18 bits per heavy atom. The summed E-state index contributed by atoms with van der Waals surface area (Å²) in [5, 5.41) is 10.5. The maximum absolute atomic E-state index is 12.5. The van der Waals surface area contributed by atoms with Crippen LogP contribution in [0, 0.1) is 5.92 Å². The lowest BCUT2D eigenvalue weighted by atomic mass is 9.87. The number of para-hydroxylation sites is 1. The first-order valence-electron chi connectivity index (χ1n) is 11.1. The molecule has 4 aromatic heterocycles. The number of aromatic nitrogens is 5. The molecule has 1 aliphatic carbocycles. The van der Waals surface area contributed by atoms with E-state index in [2.05, 4.69) is 33.2 Å². The van der Waals surface area contributed by atoms with Crippen molar-refractivity contribution in [2.45, 2.75) is 43.5 Å². The van der Waals surface area contributed by atoms with Crippen molar-refractivity contribution in [3.8, 4) is 10.7 Å². The summed E-state index contributed by atoms with van der Waals surface area (Å²) in [6.07, 6.45) is 4.87. The Bertz CT molecular complexity index is 1540. The van der Waals surface area contributed by atoms with Crippen molar-refractivity contribution in [2.75, 3.05) is 0 Å².